The monoisotopic (exact) mass is 592 g/mol. The van der Waals surface area contributed by atoms with Crippen molar-refractivity contribution in [2.24, 2.45) is 0 Å². The molecule has 0 spiro atoms. The lowest BCUT2D eigenvalue weighted by molar-refractivity contribution is 1.08. The van der Waals surface area contributed by atoms with Crippen LogP contribution in [0.25, 0.3) is 87.1 Å². The Morgan fingerprint density at radius 2 is 1.04 bits per heavy atom. The van der Waals surface area contributed by atoms with Gasteiger partial charge in [0, 0.05) is 53.8 Å². The van der Waals surface area contributed by atoms with Gasteiger partial charge in [-0.3, -0.25) is 4.98 Å². The van der Waals surface area contributed by atoms with Crippen molar-refractivity contribution >= 4 is 53.2 Å². The van der Waals surface area contributed by atoms with Crippen molar-refractivity contribution in [3.05, 3.63) is 146 Å². The lowest BCUT2D eigenvalue weighted by atomic mass is 9.93. The maximum absolute atomic E-state index is 5.14. The first kappa shape index (κ1) is 25.7. The number of aromatic nitrogens is 4. The lowest BCUT2D eigenvalue weighted by Crippen LogP contribution is -2.00. The highest BCUT2D eigenvalue weighted by Gasteiger charge is 2.19. The predicted octanol–water partition coefficient (Wildman–Crippen LogP) is 10.6. The molecule has 0 radical (unpaired) electrons. The summed E-state index contributed by atoms with van der Waals surface area (Å²) in [5.41, 5.74) is 6.14. The smallest absolute Gasteiger partial charge is 0.165 e. The summed E-state index contributed by atoms with van der Waals surface area (Å²) in [6.45, 7) is 0. The second-order valence-corrected chi connectivity index (χ2v) is 12.1. The molecule has 0 amide bonds. The van der Waals surface area contributed by atoms with Crippen LogP contribution in [0.1, 0.15) is 0 Å². The number of hydrogen-bond acceptors (Lipinski definition) is 5. The maximum atomic E-state index is 5.14. The number of pyridine rings is 1. The van der Waals surface area contributed by atoms with E-state index in [9.17, 15) is 0 Å². The number of thiophene rings is 1. The highest BCUT2D eigenvalue weighted by atomic mass is 32.1. The van der Waals surface area contributed by atoms with Gasteiger partial charge in [-0.15, -0.1) is 11.3 Å². The quantitative estimate of drug-likeness (QED) is 0.191. The molecule has 0 aliphatic carbocycles. The molecule has 0 N–H and O–H groups in total. The van der Waals surface area contributed by atoms with Crippen LogP contribution in [0.3, 0.4) is 0 Å². The third-order valence-electron chi connectivity index (χ3n) is 8.34. The second-order valence-electron chi connectivity index (χ2n) is 11.1. The number of hydrogen-bond donors (Lipinski definition) is 0. The molecule has 210 valence electrons. The van der Waals surface area contributed by atoms with E-state index >= 15 is 0 Å². The van der Waals surface area contributed by atoms with Crippen molar-refractivity contribution in [1.82, 2.24) is 19.9 Å². The predicted molar refractivity (Wildman–Crippen MR) is 187 cm³/mol. The van der Waals surface area contributed by atoms with Crippen LogP contribution in [0.5, 0.6) is 0 Å². The highest BCUT2D eigenvalue weighted by molar-refractivity contribution is 7.26. The van der Waals surface area contributed by atoms with Crippen LogP contribution in [0, 0.1) is 0 Å². The van der Waals surface area contributed by atoms with E-state index in [1.165, 1.54) is 15.5 Å². The van der Waals surface area contributed by atoms with Crippen LogP contribution in [0.2, 0.25) is 0 Å². The fraction of sp³-hybridized carbons (Fsp3) is 0. The van der Waals surface area contributed by atoms with Gasteiger partial charge in [-0.1, -0.05) is 109 Å². The van der Waals surface area contributed by atoms with Crippen molar-refractivity contribution < 1.29 is 0 Å². The van der Waals surface area contributed by atoms with Crippen LogP contribution >= 0.6 is 11.3 Å². The summed E-state index contributed by atoms with van der Waals surface area (Å²) in [4.78, 5) is 20.1. The summed E-state index contributed by atoms with van der Waals surface area (Å²) < 4.78 is 2.39. The van der Waals surface area contributed by atoms with Gasteiger partial charge in [0.1, 0.15) is 0 Å². The molecule has 0 unspecified atom stereocenters. The van der Waals surface area contributed by atoms with Crippen LogP contribution in [0.4, 0.5) is 0 Å². The van der Waals surface area contributed by atoms with Gasteiger partial charge in [-0.25, -0.2) is 15.0 Å². The van der Waals surface area contributed by atoms with E-state index in [4.69, 9.17) is 19.9 Å². The fourth-order valence-electron chi connectivity index (χ4n) is 6.23. The number of rotatable bonds is 4. The molecule has 0 saturated heterocycles. The number of fused-ring (bicyclic) bond motifs is 6. The molecular formula is C40H24N4S. The van der Waals surface area contributed by atoms with E-state index in [1.54, 1.807) is 11.3 Å². The summed E-state index contributed by atoms with van der Waals surface area (Å²) in [6.07, 6.45) is 1.88. The fourth-order valence-corrected chi connectivity index (χ4v) is 7.42. The van der Waals surface area contributed by atoms with E-state index in [0.29, 0.717) is 17.5 Å². The van der Waals surface area contributed by atoms with Crippen LogP contribution in [-0.4, -0.2) is 19.9 Å². The van der Waals surface area contributed by atoms with Crippen LogP contribution < -0.4 is 0 Å². The SMILES string of the molecule is c1ccc(-c2nc(-c3ccccc3)nc(-c3cc(-c4cc5ccccc5c5ncccc45)cc4c3sc3ccccc34)n2)cc1. The van der Waals surface area contributed by atoms with Crippen molar-refractivity contribution in [1.29, 1.82) is 0 Å². The van der Waals surface area contributed by atoms with Crippen molar-refractivity contribution in [3.63, 3.8) is 0 Å². The zero-order valence-corrected chi connectivity index (χ0v) is 24.9. The lowest BCUT2D eigenvalue weighted by Gasteiger charge is -2.13. The topological polar surface area (TPSA) is 51.6 Å². The van der Waals surface area contributed by atoms with Gasteiger partial charge in [0.15, 0.2) is 17.5 Å². The zero-order valence-electron chi connectivity index (χ0n) is 24.1. The Bertz CT molecular complexity index is 2480. The molecule has 5 heteroatoms. The van der Waals surface area contributed by atoms with E-state index < -0.39 is 0 Å². The minimum Gasteiger partial charge on any atom is -0.256 e. The first-order valence-corrected chi connectivity index (χ1v) is 15.7. The van der Waals surface area contributed by atoms with Gasteiger partial charge < -0.3 is 0 Å². The Kier molecular flexibility index (Phi) is 5.96. The molecule has 0 atom stereocenters. The molecule has 6 aromatic carbocycles. The summed E-state index contributed by atoms with van der Waals surface area (Å²) in [5.74, 6) is 1.96. The molecule has 3 aromatic heterocycles. The summed E-state index contributed by atoms with van der Waals surface area (Å²) in [7, 11) is 0. The summed E-state index contributed by atoms with van der Waals surface area (Å²) >= 11 is 1.78. The third-order valence-corrected chi connectivity index (χ3v) is 9.56. The first-order valence-electron chi connectivity index (χ1n) is 14.9. The molecule has 3 heterocycles. The van der Waals surface area contributed by atoms with E-state index in [2.05, 4.69) is 72.8 Å². The van der Waals surface area contributed by atoms with Crippen molar-refractivity contribution in [2.75, 3.05) is 0 Å². The van der Waals surface area contributed by atoms with E-state index in [1.807, 2.05) is 72.9 Å². The minimum absolute atomic E-state index is 0.652. The average molecular weight is 593 g/mol. The van der Waals surface area contributed by atoms with Gasteiger partial charge in [0.25, 0.3) is 0 Å². The third kappa shape index (κ3) is 4.36. The molecule has 0 aliphatic heterocycles. The molecule has 0 fully saturated rings. The second kappa shape index (κ2) is 10.4. The molecule has 45 heavy (non-hydrogen) atoms. The molecule has 9 aromatic rings. The molecule has 0 saturated carbocycles. The van der Waals surface area contributed by atoms with E-state index in [-0.39, 0.29) is 0 Å². The average Bonchev–Trinajstić information content (AvgIpc) is 3.50. The summed E-state index contributed by atoms with van der Waals surface area (Å²) in [5, 5.41) is 5.84. The molecule has 9 rings (SSSR count). The molecule has 0 aliphatic rings. The Morgan fingerprint density at radius 3 is 1.80 bits per heavy atom. The Hall–Kier alpha value is -5.78. The summed E-state index contributed by atoms with van der Waals surface area (Å²) in [6, 6.07) is 48.4. The van der Waals surface area contributed by atoms with Crippen molar-refractivity contribution in [2.45, 2.75) is 0 Å². The van der Waals surface area contributed by atoms with Gasteiger partial charge in [0.05, 0.1) is 5.52 Å². The van der Waals surface area contributed by atoms with Crippen molar-refractivity contribution in [3.8, 4) is 45.3 Å². The maximum Gasteiger partial charge on any atom is 0.165 e. The zero-order chi connectivity index (χ0) is 29.7. The number of nitrogens with zero attached hydrogens (tertiary/aromatic N) is 4. The Balaban J connectivity index is 1.38. The molecule has 0 bridgehead atoms. The van der Waals surface area contributed by atoms with Crippen LogP contribution in [0.15, 0.2) is 146 Å². The highest BCUT2D eigenvalue weighted by Crippen LogP contribution is 2.44. The van der Waals surface area contributed by atoms with Crippen LogP contribution in [-0.2, 0) is 0 Å². The minimum atomic E-state index is 0.652. The largest absolute Gasteiger partial charge is 0.256 e. The Morgan fingerprint density at radius 1 is 0.422 bits per heavy atom. The normalized spacial score (nSPS) is 11.6. The van der Waals surface area contributed by atoms with E-state index in [0.717, 1.165) is 54.2 Å². The van der Waals surface area contributed by atoms with Gasteiger partial charge in [-0.05, 0) is 46.8 Å². The van der Waals surface area contributed by atoms with Gasteiger partial charge in [0.2, 0.25) is 0 Å². The van der Waals surface area contributed by atoms with Gasteiger partial charge in [-0.2, -0.15) is 0 Å². The van der Waals surface area contributed by atoms with Gasteiger partial charge >= 0.3 is 0 Å². The number of benzene rings is 6. The first-order chi connectivity index (χ1) is 22.3. The standard InChI is InChI=1S/C40H24N4S/c1-3-12-25(13-4-1)38-42-39(26-14-5-2-6-15-26)44-40(43-38)34-24-28(23-33-30-18-9-10-20-35(30)45-37(33)34)32-22-27-16-7-8-17-29(27)36-31(32)19-11-21-41-36/h1-24H. The molecule has 4 nitrogen and oxygen atoms in total. The molecular weight excluding hydrogens is 569 g/mol. The Labute approximate surface area is 263 Å².